The van der Waals surface area contributed by atoms with Gasteiger partial charge >= 0.3 is 11.7 Å². The topological polar surface area (TPSA) is 103 Å². The van der Waals surface area contributed by atoms with Gasteiger partial charge in [-0.25, -0.2) is 9.59 Å². The number of hydrogen-bond donors (Lipinski definition) is 1. The number of ether oxygens (including phenoxy) is 1. The van der Waals surface area contributed by atoms with Crippen LogP contribution in [0.4, 0.5) is 5.69 Å². The van der Waals surface area contributed by atoms with Gasteiger partial charge in [0.05, 0.1) is 17.9 Å². The van der Waals surface area contributed by atoms with Crippen LogP contribution >= 0.6 is 0 Å². The Morgan fingerprint density at radius 3 is 2.43 bits per heavy atom. The van der Waals surface area contributed by atoms with Gasteiger partial charge in [-0.15, -0.1) is 0 Å². The molecule has 30 heavy (non-hydrogen) atoms. The molecular weight excluding hydrogens is 386 g/mol. The molecule has 0 radical (unpaired) electrons. The van der Waals surface area contributed by atoms with Gasteiger partial charge in [0.15, 0.2) is 0 Å². The zero-order chi connectivity index (χ0) is 22.3. The van der Waals surface area contributed by atoms with Gasteiger partial charge < -0.3 is 9.84 Å². The molecule has 0 fully saturated rings. The van der Waals surface area contributed by atoms with Crippen molar-refractivity contribution >= 4 is 17.9 Å². The molecule has 8 heteroatoms. The molecule has 0 aliphatic heterocycles. The maximum absolute atomic E-state index is 12.3. The molecule has 0 spiro atoms. The third-order valence-corrected chi connectivity index (χ3v) is 5.11. The maximum atomic E-state index is 12.3. The first-order valence-electron chi connectivity index (χ1n) is 10.1. The van der Waals surface area contributed by atoms with Gasteiger partial charge in [-0.2, -0.15) is 0 Å². The predicted octanol–water partition coefficient (Wildman–Crippen LogP) is 2.91. The molecular formula is C22H29N3O5. The van der Waals surface area contributed by atoms with E-state index in [1.54, 1.807) is 24.3 Å². The summed E-state index contributed by atoms with van der Waals surface area (Å²) in [6, 6.07) is 6.43. The van der Waals surface area contributed by atoms with Crippen LogP contribution < -0.4 is 11.2 Å². The molecule has 1 atom stereocenters. The number of unbranched alkanes of at least 4 members (excludes halogenated alkanes) is 1. The highest BCUT2D eigenvalue weighted by Gasteiger charge is 2.14. The number of carbonyl (C=O) groups is 1. The van der Waals surface area contributed by atoms with Crippen molar-refractivity contribution < 1.29 is 14.6 Å². The van der Waals surface area contributed by atoms with Crippen molar-refractivity contribution in [2.24, 2.45) is 25.0 Å². The largest absolute Gasteiger partial charge is 0.494 e. The van der Waals surface area contributed by atoms with Crippen molar-refractivity contribution in [1.82, 2.24) is 9.13 Å². The summed E-state index contributed by atoms with van der Waals surface area (Å²) in [5, 5.41) is 10.1. The fraction of sp³-hybridized carbons (Fsp3) is 0.455. The molecule has 1 heterocycles. The van der Waals surface area contributed by atoms with Crippen molar-refractivity contribution in [2.75, 3.05) is 6.61 Å². The normalized spacial score (nSPS) is 12.3. The van der Waals surface area contributed by atoms with Crippen molar-refractivity contribution in [1.29, 1.82) is 0 Å². The number of aliphatic imine (C=N–C) groups is 1. The van der Waals surface area contributed by atoms with Gasteiger partial charge in [-0.1, -0.05) is 33.1 Å². The Balaban J connectivity index is 2.09. The number of nitrogens with zero attached hydrogens (tertiary/aromatic N) is 3. The van der Waals surface area contributed by atoms with Crippen molar-refractivity contribution in [3.63, 3.8) is 0 Å². The average molecular weight is 415 g/mol. The van der Waals surface area contributed by atoms with E-state index >= 15 is 0 Å². The Morgan fingerprint density at radius 2 is 1.83 bits per heavy atom. The molecule has 2 aromatic rings. The quantitative estimate of drug-likeness (QED) is 0.501. The van der Waals surface area contributed by atoms with E-state index in [9.17, 15) is 19.5 Å². The second kappa shape index (κ2) is 10.6. The van der Waals surface area contributed by atoms with E-state index in [-0.39, 0.29) is 11.5 Å². The number of benzene rings is 1. The lowest BCUT2D eigenvalue weighted by atomic mass is 10.0. The summed E-state index contributed by atoms with van der Waals surface area (Å²) >= 11 is 0. The van der Waals surface area contributed by atoms with E-state index in [1.165, 1.54) is 20.3 Å². The van der Waals surface area contributed by atoms with Crippen LogP contribution in [0.25, 0.3) is 0 Å². The van der Waals surface area contributed by atoms with Crippen LogP contribution in [0.3, 0.4) is 0 Å². The Labute approximate surface area is 175 Å². The van der Waals surface area contributed by atoms with Crippen LogP contribution in [0.1, 0.15) is 55.5 Å². The zero-order valence-corrected chi connectivity index (χ0v) is 17.9. The summed E-state index contributed by atoms with van der Waals surface area (Å²) in [5.41, 5.74) is -0.470. The minimum absolute atomic E-state index is 0.0965. The SMILES string of the molecule is CCCCC(CC)COC(=O)c1ccc(N=Cc2c(O)n(C)c(=O)n(C)c2=O)cc1. The Hall–Kier alpha value is -3.16. The average Bonchev–Trinajstić information content (AvgIpc) is 2.76. The van der Waals surface area contributed by atoms with E-state index in [1.807, 2.05) is 0 Å². The minimum atomic E-state index is -0.645. The maximum Gasteiger partial charge on any atom is 0.338 e. The first-order chi connectivity index (χ1) is 14.3. The molecule has 8 nitrogen and oxygen atoms in total. The second-order valence-electron chi connectivity index (χ2n) is 7.26. The van der Waals surface area contributed by atoms with Gasteiger partial charge in [0.2, 0.25) is 5.88 Å². The molecule has 0 saturated heterocycles. The lowest BCUT2D eigenvalue weighted by Crippen LogP contribution is -2.38. The molecule has 1 aromatic carbocycles. The lowest BCUT2D eigenvalue weighted by molar-refractivity contribution is 0.0428. The van der Waals surface area contributed by atoms with E-state index in [4.69, 9.17) is 4.74 Å². The Morgan fingerprint density at radius 1 is 1.17 bits per heavy atom. The first kappa shape index (κ1) is 23.1. The van der Waals surface area contributed by atoms with Crippen LogP contribution in [0.15, 0.2) is 38.8 Å². The summed E-state index contributed by atoms with van der Waals surface area (Å²) in [4.78, 5) is 40.4. The zero-order valence-electron chi connectivity index (χ0n) is 17.9. The Bertz CT molecular complexity index is 1020. The summed E-state index contributed by atoms with van der Waals surface area (Å²) in [6.07, 6.45) is 5.46. The third kappa shape index (κ3) is 5.46. The van der Waals surface area contributed by atoms with Crippen molar-refractivity contribution in [3.05, 3.63) is 56.2 Å². The van der Waals surface area contributed by atoms with Crippen LogP contribution in [0.5, 0.6) is 5.88 Å². The standard InChI is InChI=1S/C22H29N3O5/c1-5-7-8-15(6-2)14-30-21(28)16-9-11-17(12-10-16)23-13-18-19(26)24(3)22(29)25(4)20(18)27/h9-13,15,26H,5-8,14H2,1-4H3. The lowest BCUT2D eigenvalue weighted by Gasteiger charge is -2.14. The number of aromatic nitrogens is 2. The molecule has 0 amide bonds. The first-order valence-corrected chi connectivity index (χ1v) is 10.1. The fourth-order valence-electron chi connectivity index (χ4n) is 2.97. The van der Waals surface area contributed by atoms with Crippen LogP contribution in [-0.2, 0) is 18.8 Å². The molecule has 1 unspecified atom stereocenters. The second-order valence-corrected chi connectivity index (χ2v) is 7.26. The monoisotopic (exact) mass is 415 g/mol. The third-order valence-electron chi connectivity index (χ3n) is 5.11. The summed E-state index contributed by atoms with van der Waals surface area (Å²) < 4.78 is 7.29. The minimum Gasteiger partial charge on any atom is -0.494 e. The Kier molecular flexibility index (Phi) is 8.15. The molecule has 0 saturated carbocycles. The number of rotatable bonds is 9. The highest BCUT2D eigenvalue weighted by molar-refractivity contribution is 5.90. The van der Waals surface area contributed by atoms with Crippen LogP contribution in [0, 0.1) is 5.92 Å². The van der Waals surface area contributed by atoms with E-state index in [0.29, 0.717) is 23.8 Å². The highest BCUT2D eigenvalue weighted by Crippen LogP contribution is 2.17. The molecule has 0 bridgehead atoms. The number of hydrogen-bond acceptors (Lipinski definition) is 6. The van der Waals surface area contributed by atoms with E-state index in [2.05, 4.69) is 18.8 Å². The van der Waals surface area contributed by atoms with Crippen molar-refractivity contribution in [2.45, 2.75) is 39.5 Å². The number of esters is 1. The molecule has 2 rings (SSSR count). The van der Waals surface area contributed by atoms with Crippen LogP contribution in [-0.4, -0.2) is 33.0 Å². The molecule has 1 aromatic heterocycles. The highest BCUT2D eigenvalue weighted by atomic mass is 16.5. The van der Waals surface area contributed by atoms with Gasteiger partial charge in [-0.05, 0) is 36.6 Å². The molecule has 1 N–H and O–H groups in total. The number of aromatic hydroxyl groups is 1. The van der Waals surface area contributed by atoms with Crippen molar-refractivity contribution in [3.8, 4) is 5.88 Å². The van der Waals surface area contributed by atoms with Gasteiger partial charge in [0.1, 0.15) is 5.56 Å². The van der Waals surface area contributed by atoms with E-state index in [0.717, 1.165) is 34.8 Å². The summed E-state index contributed by atoms with van der Waals surface area (Å²) in [7, 11) is 2.69. The smallest absolute Gasteiger partial charge is 0.338 e. The van der Waals surface area contributed by atoms with Gasteiger partial charge in [0, 0.05) is 20.3 Å². The van der Waals surface area contributed by atoms with Gasteiger partial charge in [-0.3, -0.25) is 18.9 Å². The summed E-state index contributed by atoms with van der Waals surface area (Å²) in [5.74, 6) is -0.472. The predicted molar refractivity (Wildman–Crippen MR) is 116 cm³/mol. The fourth-order valence-corrected chi connectivity index (χ4v) is 2.97. The van der Waals surface area contributed by atoms with Crippen LogP contribution in [0.2, 0.25) is 0 Å². The summed E-state index contributed by atoms with van der Waals surface area (Å²) in [6.45, 7) is 4.64. The molecule has 0 aliphatic carbocycles. The molecule has 0 aliphatic rings. The number of carbonyl (C=O) groups excluding carboxylic acids is 1. The van der Waals surface area contributed by atoms with E-state index < -0.39 is 17.1 Å². The van der Waals surface area contributed by atoms with Gasteiger partial charge in [0.25, 0.3) is 5.56 Å². The molecule has 162 valence electrons.